The minimum Gasteiger partial charge on any atom is -0.379 e. The second-order valence-corrected chi connectivity index (χ2v) is 5.53. The number of halogens is 1. The number of rotatable bonds is 6. The molecule has 0 amide bonds. The van der Waals surface area contributed by atoms with E-state index in [0.29, 0.717) is 29.2 Å². The van der Waals surface area contributed by atoms with E-state index in [4.69, 9.17) is 5.73 Å². The summed E-state index contributed by atoms with van der Waals surface area (Å²) in [5.41, 5.74) is 6.23. The van der Waals surface area contributed by atoms with Crippen LogP contribution in [0.2, 0.25) is 0 Å². The maximum Gasteiger partial charge on any atom is 0.283 e. The van der Waals surface area contributed by atoms with Gasteiger partial charge in [0.05, 0.1) is 11.9 Å². The van der Waals surface area contributed by atoms with Crippen molar-refractivity contribution < 1.29 is 0 Å². The van der Waals surface area contributed by atoms with Crippen molar-refractivity contribution in [2.75, 3.05) is 11.9 Å². The van der Waals surface area contributed by atoms with E-state index in [1.54, 1.807) is 6.20 Å². The SMILES string of the molecule is CCC(CN)Nc1cnn(CC(C)C)c(=O)c1Br. The second kappa shape index (κ2) is 6.89. The van der Waals surface area contributed by atoms with Gasteiger partial charge in [0.15, 0.2) is 0 Å². The summed E-state index contributed by atoms with van der Waals surface area (Å²) in [5, 5.41) is 7.39. The van der Waals surface area contributed by atoms with Crippen LogP contribution in [0.1, 0.15) is 27.2 Å². The Labute approximate surface area is 116 Å². The Kier molecular flexibility index (Phi) is 5.81. The molecule has 1 aromatic rings. The van der Waals surface area contributed by atoms with Gasteiger partial charge < -0.3 is 11.1 Å². The Morgan fingerprint density at radius 1 is 1.56 bits per heavy atom. The Balaban J connectivity index is 2.97. The molecule has 0 radical (unpaired) electrons. The third-order valence-electron chi connectivity index (χ3n) is 2.66. The molecule has 102 valence electrons. The summed E-state index contributed by atoms with van der Waals surface area (Å²) in [6.45, 7) is 7.29. The van der Waals surface area contributed by atoms with E-state index >= 15 is 0 Å². The van der Waals surface area contributed by atoms with Crippen molar-refractivity contribution in [3.8, 4) is 0 Å². The van der Waals surface area contributed by atoms with Crippen LogP contribution in [0.4, 0.5) is 5.69 Å². The monoisotopic (exact) mass is 316 g/mol. The first kappa shape index (κ1) is 15.2. The molecule has 0 aliphatic carbocycles. The second-order valence-electron chi connectivity index (χ2n) is 4.74. The van der Waals surface area contributed by atoms with Crippen LogP contribution in [0.15, 0.2) is 15.5 Å². The van der Waals surface area contributed by atoms with E-state index in [1.807, 2.05) is 6.92 Å². The number of hydrogen-bond acceptors (Lipinski definition) is 4. The van der Waals surface area contributed by atoms with Crippen LogP contribution in [0.3, 0.4) is 0 Å². The summed E-state index contributed by atoms with van der Waals surface area (Å²) in [5.74, 6) is 0.383. The molecule has 6 heteroatoms. The molecule has 0 aromatic carbocycles. The molecular weight excluding hydrogens is 296 g/mol. The highest BCUT2D eigenvalue weighted by atomic mass is 79.9. The topological polar surface area (TPSA) is 72.9 Å². The molecule has 0 aliphatic heterocycles. The first-order valence-corrected chi connectivity index (χ1v) is 7.01. The number of aromatic nitrogens is 2. The van der Waals surface area contributed by atoms with Crippen LogP contribution in [0, 0.1) is 5.92 Å². The Bertz CT molecular complexity index is 440. The van der Waals surface area contributed by atoms with Crippen LogP contribution < -0.4 is 16.6 Å². The molecule has 0 bridgehead atoms. The van der Waals surface area contributed by atoms with Gasteiger partial charge in [-0.1, -0.05) is 20.8 Å². The minimum atomic E-state index is -0.111. The molecular formula is C12H21BrN4O. The average molecular weight is 317 g/mol. The molecule has 18 heavy (non-hydrogen) atoms. The molecule has 1 rings (SSSR count). The highest BCUT2D eigenvalue weighted by Gasteiger charge is 2.12. The van der Waals surface area contributed by atoms with Crippen LogP contribution in [-0.2, 0) is 6.54 Å². The average Bonchev–Trinajstić information content (AvgIpc) is 2.34. The number of hydrogen-bond donors (Lipinski definition) is 2. The van der Waals surface area contributed by atoms with E-state index in [2.05, 4.69) is 40.2 Å². The largest absolute Gasteiger partial charge is 0.379 e. The van der Waals surface area contributed by atoms with Gasteiger partial charge in [-0.3, -0.25) is 4.79 Å². The fourth-order valence-electron chi connectivity index (χ4n) is 1.59. The van der Waals surface area contributed by atoms with Gasteiger partial charge >= 0.3 is 0 Å². The number of anilines is 1. The summed E-state index contributed by atoms with van der Waals surface area (Å²) < 4.78 is 1.99. The first-order chi connectivity index (χ1) is 8.49. The number of nitrogens with zero attached hydrogens (tertiary/aromatic N) is 2. The van der Waals surface area contributed by atoms with Gasteiger partial charge in [-0.2, -0.15) is 5.10 Å². The smallest absolute Gasteiger partial charge is 0.283 e. The molecule has 0 saturated carbocycles. The quantitative estimate of drug-likeness (QED) is 0.839. The fraction of sp³-hybridized carbons (Fsp3) is 0.667. The van der Waals surface area contributed by atoms with Gasteiger partial charge in [-0.05, 0) is 28.3 Å². The third-order valence-corrected chi connectivity index (χ3v) is 3.43. The Hall–Kier alpha value is -0.880. The van der Waals surface area contributed by atoms with Crippen LogP contribution in [-0.4, -0.2) is 22.4 Å². The fourth-order valence-corrected chi connectivity index (χ4v) is 2.01. The van der Waals surface area contributed by atoms with Gasteiger partial charge in [-0.25, -0.2) is 4.68 Å². The summed E-state index contributed by atoms with van der Waals surface area (Å²) in [6.07, 6.45) is 2.57. The van der Waals surface area contributed by atoms with Crippen molar-refractivity contribution in [2.24, 2.45) is 11.7 Å². The lowest BCUT2D eigenvalue weighted by Crippen LogP contribution is -2.31. The Morgan fingerprint density at radius 2 is 2.22 bits per heavy atom. The molecule has 0 saturated heterocycles. The summed E-state index contributed by atoms with van der Waals surface area (Å²) in [6, 6.07) is 0.156. The lowest BCUT2D eigenvalue weighted by atomic mass is 10.2. The normalized spacial score (nSPS) is 12.8. The number of nitrogens with two attached hydrogens (primary N) is 1. The molecule has 1 heterocycles. The molecule has 1 aromatic heterocycles. The zero-order valence-corrected chi connectivity index (χ0v) is 12.7. The van der Waals surface area contributed by atoms with E-state index < -0.39 is 0 Å². The Morgan fingerprint density at radius 3 is 2.72 bits per heavy atom. The van der Waals surface area contributed by atoms with Crippen molar-refractivity contribution in [3.05, 3.63) is 21.0 Å². The maximum absolute atomic E-state index is 12.1. The van der Waals surface area contributed by atoms with Crippen molar-refractivity contribution >= 4 is 21.6 Å². The third kappa shape index (κ3) is 3.81. The van der Waals surface area contributed by atoms with E-state index in [0.717, 1.165) is 6.42 Å². The summed E-state index contributed by atoms with van der Waals surface area (Å²) >= 11 is 3.33. The van der Waals surface area contributed by atoms with Crippen LogP contribution in [0.25, 0.3) is 0 Å². The first-order valence-electron chi connectivity index (χ1n) is 6.21. The van der Waals surface area contributed by atoms with Crippen molar-refractivity contribution in [1.29, 1.82) is 0 Å². The van der Waals surface area contributed by atoms with E-state index in [1.165, 1.54) is 4.68 Å². The summed E-state index contributed by atoms with van der Waals surface area (Å²) in [4.78, 5) is 12.1. The predicted molar refractivity (Wildman–Crippen MR) is 77.8 cm³/mol. The van der Waals surface area contributed by atoms with Gasteiger partial charge in [-0.15, -0.1) is 0 Å². The lowest BCUT2D eigenvalue weighted by Gasteiger charge is -2.17. The summed E-state index contributed by atoms with van der Waals surface area (Å²) in [7, 11) is 0. The maximum atomic E-state index is 12.1. The molecule has 3 N–H and O–H groups in total. The highest BCUT2D eigenvalue weighted by molar-refractivity contribution is 9.10. The molecule has 0 fully saturated rings. The van der Waals surface area contributed by atoms with Gasteiger partial charge in [0.1, 0.15) is 4.47 Å². The van der Waals surface area contributed by atoms with E-state index in [-0.39, 0.29) is 11.6 Å². The molecule has 5 nitrogen and oxygen atoms in total. The predicted octanol–water partition coefficient (Wildman–Crippen LogP) is 1.81. The number of nitrogens with one attached hydrogen (secondary N) is 1. The van der Waals surface area contributed by atoms with Crippen molar-refractivity contribution in [3.63, 3.8) is 0 Å². The molecule has 1 unspecified atom stereocenters. The molecule has 0 aliphatic rings. The molecule has 0 spiro atoms. The molecule has 1 atom stereocenters. The standard InChI is InChI=1S/C12H21BrN4O/c1-4-9(5-14)16-10-6-15-17(7-8(2)3)12(18)11(10)13/h6,8-9,16H,4-5,7,14H2,1-3H3. The van der Waals surface area contributed by atoms with Gasteiger partial charge in [0, 0.05) is 19.1 Å². The van der Waals surface area contributed by atoms with Gasteiger partial charge in [0.25, 0.3) is 5.56 Å². The minimum absolute atomic E-state index is 0.111. The zero-order valence-electron chi connectivity index (χ0n) is 11.1. The van der Waals surface area contributed by atoms with Crippen LogP contribution in [0.5, 0.6) is 0 Å². The zero-order chi connectivity index (χ0) is 13.7. The van der Waals surface area contributed by atoms with Gasteiger partial charge in [0.2, 0.25) is 0 Å². The lowest BCUT2D eigenvalue weighted by molar-refractivity contribution is 0.462. The van der Waals surface area contributed by atoms with Crippen molar-refractivity contribution in [1.82, 2.24) is 9.78 Å². The van der Waals surface area contributed by atoms with E-state index in [9.17, 15) is 4.79 Å². The van der Waals surface area contributed by atoms with Crippen molar-refractivity contribution in [2.45, 2.75) is 39.8 Å². The van der Waals surface area contributed by atoms with Crippen LogP contribution >= 0.6 is 15.9 Å². The highest BCUT2D eigenvalue weighted by Crippen LogP contribution is 2.17.